The maximum atomic E-state index is 6.45. The van der Waals surface area contributed by atoms with E-state index in [1.807, 2.05) is 20.3 Å². The summed E-state index contributed by atoms with van der Waals surface area (Å²) >= 11 is 0. The number of anilines is 1. The third-order valence-electron chi connectivity index (χ3n) is 7.54. The van der Waals surface area contributed by atoms with Crippen LogP contribution >= 0.6 is 0 Å². The Morgan fingerprint density at radius 3 is 2.38 bits per heavy atom. The van der Waals surface area contributed by atoms with Gasteiger partial charge in [0.1, 0.15) is 5.65 Å². The van der Waals surface area contributed by atoms with Crippen LogP contribution in [0.1, 0.15) is 20.3 Å². The zero-order valence-corrected chi connectivity index (χ0v) is 17.4. The van der Waals surface area contributed by atoms with E-state index in [9.17, 15) is 0 Å². The van der Waals surface area contributed by atoms with Crippen molar-refractivity contribution in [3.8, 4) is 11.3 Å². The van der Waals surface area contributed by atoms with Crippen LogP contribution in [0.4, 0.5) is 5.69 Å². The van der Waals surface area contributed by atoms with Crippen molar-refractivity contribution in [2.45, 2.75) is 32.5 Å². The van der Waals surface area contributed by atoms with Gasteiger partial charge in [0.15, 0.2) is 0 Å². The van der Waals surface area contributed by atoms with Gasteiger partial charge in [-0.2, -0.15) is 0 Å². The smallest absolute Gasteiger partial charge is 0.401 e. The molecule has 1 saturated heterocycles. The van der Waals surface area contributed by atoms with Crippen molar-refractivity contribution in [1.29, 1.82) is 0 Å². The van der Waals surface area contributed by atoms with Crippen molar-refractivity contribution in [2.75, 3.05) is 19.0 Å². The van der Waals surface area contributed by atoms with Gasteiger partial charge in [-0.25, -0.2) is 4.98 Å². The molecule has 0 N–H and O–H groups in total. The Hall–Kier alpha value is -2.31. The van der Waals surface area contributed by atoms with Gasteiger partial charge in [-0.05, 0) is 41.9 Å². The van der Waals surface area contributed by atoms with Crippen LogP contribution in [0.15, 0.2) is 48.8 Å². The van der Waals surface area contributed by atoms with Gasteiger partial charge in [-0.15, -0.1) is 0 Å². The summed E-state index contributed by atoms with van der Waals surface area (Å²) in [4.78, 5) is 7.04. The highest BCUT2D eigenvalue weighted by molar-refractivity contribution is 6.64. The Morgan fingerprint density at radius 2 is 1.76 bits per heavy atom. The lowest BCUT2D eigenvalue weighted by Crippen LogP contribution is -2.45. The van der Waals surface area contributed by atoms with E-state index in [4.69, 9.17) is 14.3 Å². The highest BCUT2D eigenvalue weighted by Crippen LogP contribution is 2.65. The van der Waals surface area contributed by atoms with Crippen molar-refractivity contribution >= 4 is 23.9 Å². The molecule has 0 amide bonds. The third-order valence-corrected chi connectivity index (χ3v) is 7.54. The minimum Gasteiger partial charge on any atom is -0.401 e. The van der Waals surface area contributed by atoms with Crippen LogP contribution < -0.4 is 10.4 Å². The molecule has 7 rings (SSSR count). The van der Waals surface area contributed by atoms with Gasteiger partial charge in [0, 0.05) is 43.2 Å². The molecule has 3 saturated carbocycles. The number of rotatable bonds is 3. The van der Waals surface area contributed by atoms with Gasteiger partial charge in [0.2, 0.25) is 0 Å². The highest BCUT2D eigenvalue weighted by atomic mass is 16.7. The fourth-order valence-electron chi connectivity index (χ4n) is 5.67. The first-order chi connectivity index (χ1) is 13.9. The SMILES string of the molecule is CN(C)c1ccc(-c2cn3cccc(B4OC5C(O4)C4CC5C4(C)C)c3n2)cc1. The Labute approximate surface area is 171 Å². The van der Waals surface area contributed by atoms with E-state index >= 15 is 0 Å². The zero-order chi connectivity index (χ0) is 19.9. The molecule has 0 spiro atoms. The molecule has 2 aromatic heterocycles. The van der Waals surface area contributed by atoms with Crippen LogP contribution in [0.3, 0.4) is 0 Å². The number of fused-ring (bicyclic) bond motifs is 1. The first-order valence-corrected chi connectivity index (χ1v) is 10.5. The number of aromatic nitrogens is 2. The van der Waals surface area contributed by atoms with Crippen LogP contribution in [-0.4, -0.2) is 42.8 Å². The van der Waals surface area contributed by atoms with E-state index < -0.39 is 0 Å². The van der Waals surface area contributed by atoms with Crippen LogP contribution in [0.2, 0.25) is 0 Å². The molecule has 29 heavy (non-hydrogen) atoms. The molecule has 148 valence electrons. The Kier molecular flexibility index (Phi) is 3.55. The van der Waals surface area contributed by atoms with Gasteiger partial charge >= 0.3 is 7.12 Å². The fourth-order valence-corrected chi connectivity index (χ4v) is 5.67. The zero-order valence-electron chi connectivity index (χ0n) is 17.4. The first kappa shape index (κ1) is 17.5. The van der Waals surface area contributed by atoms with Gasteiger partial charge in [0.05, 0.1) is 17.9 Å². The summed E-state index contributed by atoms with van der Waals surface area (Å²) in [5.41, 5.74) is 5.54. The van der Waals surface area contributed by atoms with Crippen molar-refractivity contribution in [2.24, 2.45) is 17.3 Å². The van der Waals surface area contributed by atoms with Crippen LogP contribution in [0.25, 0.3) is 16.9 Å². The molecule has 3 aliphatic carbocycles. The molecule has 4 atom stereocenters. The predicted molar refractivity (Wildman–Crippen MR) is 115 cm³/mol. The maximum absolute atomic E-state index is 6.45. The van der Waals surface area contributed by atoms with Crippen molar-refractivity contribution in [3.63, 3.8) is 0 Å². The van der Waals surface area contributed by atoms with Crippen LogP contribution in [0, 0.1) is 17.3 Å². The summed E-state index contributed by atoms with van der Waals surface area (Å²) in [6, 6.07) is 12.6. The second kappa shape index (κ2) is 5.86. The van der Waals surface area contributed by atoms with Crippen LogP contribution in [-0.2, 0) is 9.31 Å². The van der Waals surface area contributed by atoms with Crippen molar-refractivity contribution in [1.82, 2.24) is 9.38 Å². The molecular formula is C23H26BN3O2. The van der Waals surface area contributed by atoms with Gasteiger partial charge in [-0.3, -0.25) is 0 Å². The number of imidazole rings is 1. The molecule has 4 fully saturated rings. The molecule has 1 aromatic carbocycles. The number of benzene rings is 1. The van der Waals surface area contributed by atoms with E-state index in [0.29, 0.717) is 17.3 Å². The number of hydrogen-bond acceptors (Lipinski definition) is 4. The molecule has 1 aliphatic heterocycles. The average molecular weight is 387 g/mol. The maximum Gasteiger partial charge on any atom is 0.498 e. The highest BCUT2D eigenvalue weighted by Gasteiger charge is 2.68. The number of hydrogen-bond donors (Lipinski definition) is 0. The van der Waals surface area contributed by atoms with Crippen LogP contribution in [0.5, 0.6) is 0 Å². The molecule has 3 heterocycles. The predicted octanol–water partition coefficient (Wildman–Crippen LogP) is 3.22. The van der Waals surface area contributed by atoms with E-state index in [2.05, 4.69) is 65.7 Å². The Balaban J connectivity index is 1.32. The first-order valence-electron chi connectivity index (χ1n) is 10.5. The summed E-state index contributed by atoms with van der Waals surface area (Å²) in [5.74, 6) is 1.24. The van der Waals surface area contributed by atoms with Gasteiger partial charge in [0.25, 0.3) is 0 Å². The molecule has 6 heteroatoms. The Morgan fingerprint density at radius 1 is 1.07 bits per heavy atom. The quantitative estimate of drug-likeness (QED) is 0.647. The topological polar surface area (TPSA) is 39.0 Å². The molecule has 4 aliphatic rings. The molecule has 4 unspecified atom stereocenters. The standard InChI is InChI=1S/C23H26BN3O2/c1-23(2)16-12-17(23)21-20(16)28-24(29-21)18-6-5-11-27-13-19(25-22(18)27)14-7-9-15(10-8-14)26(3)4/h5-11,13,16-17,20-21H,12H2,1-4H3. The summed E-state index contributed by atoms with van der Waals surface area (Å²) in [6.45, 7) is 4.71. The van der Waals surface area contributed by atoms with E-state index in [0.717, 1.165) is 22.4 Å². The average Bonchev–Trinajstić information content (AvgIpc) is 3.42. The van der Waals surface area contributed by atoms with E-state index in [1.54, 1.807) is 0 Å². The molecular weight excluding hydrogens is 361 g/mol. The normalized spacial score (nSPS) is 29.2. The summed E-state index contributed by atoms with van der Waals surface area (Å²) in [6.07, 6.45) is 5.83. The van der Waals surface area contributed by atoms with Crippen molar-refractivity contribution < 1.29 is 9.31 Å². The lowest BCUT2D eigenvalue weighted by Gasteiger charge is -2.46. The van der Waals surface area contributed by atoms with E-state index in [1.165, 1.54) is 12.1 Å². The number of pyridine rings is 1. The lowest BCUT2D eigenvalue weighted by molar-refractivity contribution is -0.00442. The molecule has 5 nitrogen and oxygen atoms in total. The number of nitrogens with zero attached hydrogens (tertiary/aromatic N) is 3. The minimum absolute atomic E-state index is 0.230. The minimum atomic E-state index is -0.318. The second-order valence-electron chi connectivity index (χ2n) is 9.57. The summed E-state index contributed by atoms with van der Waals surface area (Å²) in [7, 11) is 3.78. The fraction of sp³-hybridized carbons (Fsp3) is 0.435. The van der Waals surface area contributed by atoms with Gasteiger partial charge < -0.3 is 18.6 Å². The summed E-state index contributed by atoms with van der Waals surface area (Å²) < 4.78 is 15.0. The lowest BCUT2D eigenvalue weighted by atomic mass is 9.60. The summed E-state index contributed by atoms with van der Waals surface area (Å²) in [5, 5.41) is 0. The van der Waals surface area contributed by atoms with Gasteiger partial charge in [-0.1, -0.05) is 32.0 Å². The Bertz CT molecular complexity index is 1070. The second-order valence-corrected chi connectivity index (χ2v) is 9.57. The third kappa shape index (κ3) is 2.39. The largest absolute Gasteiger partial charge is 0.498 e. The van der Waals surface area contributed by atoms with E-state index in [-0.39, 0.29) is 19.3 Å². The molecule has 2 bridgehead atoms. The molecule has 3 aromatic rings. The monoisotopic (exact) mass is 387 g/mol. The molecule has 0 radical (unpaired) electrons. The van der Waals surface area contributed by atoms with Crippen molar-refractivity contribution in [3.05, 3.63) is 48.8 Å².